The van der Waals surface area contributed by atoms with Gasteiger partial charge in [0.2, 0.25) is 0 Å². The molecule has 2 N–H and O–H groups in total. The predicted octanol–water partition coefficient (Wildman–Crippen LogP) is 4.09. The Kier molecular flexibility index (Phi) is 4.86. The van der Waals surface area contributed by atoms with E-state index in [1.54, 1.807) is 0 Å². The van der Waals surface area contributed by atoms with Gasteiger partial charge in [0.15, 0.2) is 0 Å². The highest BCUT2D eigenvalue weighted by molar-refractivity contribution is 14.1. The van der Waals surface area contributed by atoms with Gasteiger partial charge in [-0.15, -0.1) is 0 Å². The summed E-state index contributed by atoms with van der Waals surface area (Å²) >= 11 is 8.31. The van der Waals surface area contributed by atoms with E-state index in [1.807, 2.05) is 48.5 Å². The van der Waals surface area contributed by atoms with Gasteiger partial charge >= 0.3 is 0 Å². The minimum Gasteiger partial charge on any atom is -0.387 e. The molecule has 2 nitrogen and oxygen atoms in total. The Hall–Kier alpha value is -0.780. The third-order valence-electron chi connectivity index (χ3n) is 2.60. The van der Waals surface area contributed by atoms with Gasteiger partial charge in [-0.2, -0.15) is 0 Å². The van der Waals surface area contributed by atoms with E-state index in [1.165, 1.54) is 0 Å². The zero-order chi connectivity index (χ0) is 13.0. The van der Waals surface area contributed by atoms with Gasteiger partial charge in [-0.25, -0.2) is 0 Å². The zero-order valence-corrected chi connectivity index (χ0v) is 12.5. The molecule has 0 saturated carbocycles. The molecule has 4 heteroatoms. The Morgan fingerprint density at radius 1 is 1.17 bits per heavy atom. The Morgan fingerprint density at radius 3 is 2.61 bits per heavy atom. The summed E-state index contributed by atoms with van der Waals surface area (Å²) in [4.78, 5) is 0. The molecule has 0 saturated heterocycles. The van der Waals surface area contributed by atoms with Crippen LogP contribution in [-0.2, 0) is 0 Å². The van der Waals surface area contributed by atoms with E-state index < -0.39 is 6.10 Å². The maximum atomic E-state index is 10.0. The number of anilines is 1. The van der Waals surface area contributed by atoms with Crippen molar-refractivity contribution in [3.63, 3.8) is 0 Å². The van der Waals surface area contributed by atoms with Crippen LogP contribution in [0, 0.1) is 3.57 Å². The molecule has 18 heavy (non-hydrogen) atoms. The van der Waals surface area contributed by atoms with Crippen LogP contribution < -0.4 is 5.32 Å². The van der Waals surface area contributed by atoms with Gasteiger partial charge in [0.05, 0.1) is 16.8 Å². The van der Waals surface area contributed by atoms with Crippen molar-refractivity contribution in [1.29, 1.82) is 0 Å². The third-order valence-corrected chi connectivity index (χ3v) is 3.60. The smallest absolute Gasteiger partial charge is 0.0962 e. The molecule has 0 fully saturated rings. The molecule has 0 aliphatic carbocycles. The van der Waals surface area contributed by atoms with Crippen LogP contribution in [0.3, 0.4) is 0 Å². The fourth-order valence-electron chi connectivity index (χ4n) is 1.63. The Morgan fingerprint density at radius 2 is 1.89 bits per heavy atom. The van der Waals surface area contributed by atoms with Crippen molar-refractivity contribution >= 4 is 39.9 Å². The number of hydrogen-bond donors (Lipinski definition) is 2. The Labute approximate surface area is 125 Å². The molecule has 1 atom stereocenters. The van der Waals surface area contributed by atoms with E-state index in [0.717, 1.165) is 14.8 Å². The summed E-state index contributed by atoms with van der Waals surface area (Å²) < 4.78 is 1.11. The van der Waals surface area contributed by atoms with Crippen LogP contribution >= 0.6 is 34.2 Å². The average molecular weight is 374 g/mol. The van der Waals surface area contributed by atoms with Gasteiger partial charge in [-0.1, -0.05) is 41.9 Å². The summed E-state index contributed by atoms with van der Waals surface area (Å²) in [7, 11) is 0. The fraction of sp³-hybridized carbons (Fsp3) is 0.143. The number of halogens is 2. The summed E-state index contributed by atoms with van der Waals surface area (Å²) in [5.74, 6) is 0. The van der Waals surface area contributed by atoms with Crippen LogP contribution in [0.1, 0.15) is 11.7 Å². The maximum absolute atomic E-state index is 10.0. The topological polar surface area (TPSA) is 32.3 Å². The van der Waals surface area contributed by atoms with Crippen molar-refractivity contribution in [3.8, 4) is 0 Å². The minimum atomic E-state index is -0.542. The standard InChI is InChI=1S/C14H13ClINO/c15-12-7-6-11(16)8-13(12)17-9-14(18)10-4-2-1-3-5-10/h1-8,14,17-18H,9H2. The number of aliphatic hydroxyl groups is 1. The van der Waals surface area contributed by atoms with Gasteiger partial charge in [0.25, 0.3) is 0 Å². The number of hydrogen-bond acceptors (Lipinski definition) is 2. The summed E-state index contributed by atoms with van der Waals surface area (Å²) in [6.07, 6.45) is -0.542. The minimum absolute atomic E-state index is 0.434. The largest absolute Gasteiger partial charge is 0.387 e. The molecule has 0 amide bonds. The van der Waals surface area contributed by atoms with E-state index in [-0.39, 0.29) is 0 Å². The molecule has 0 radical (unpaired) electrons. The van der Waals surface area contributed by atoms with Crippen LogP contribution in [0.5, 0.6) is 0 Å². The second-order valence-corrected chi connectivity index (χ2v) is 5.58. The molecule has 1 unspecified atom stereocenters. The molecule has 2 rings (SSSR count). The summed E-state index contributed by atoms with van der Waals surface area (Å²) in [5, 5.41) is 13.9. The Bertz CT molecular complexity index is 518. The van der Waals surface area contributed by atoms with E-state index in [0.29, 0.717) is 11.6 Å². The monoisotopic (exact) mass is 373 g/mol. The van der Waals surface area contributed by atoms with Gasteiger partial charge in [-0.3, -0.25) is 0 Å². The summed E-state index contributed by atoms with van der Waals surface area (Å²) in [6.45, 7) is 0.434. The predicted molar refractivity (Wildman–Crippen MR) is 84.1 cm³/mol. The lowest BCUT2D eigenvalue weighted by atomic mass is 10.1. The first kappa shape index (κ1) is 13.6. The second-order valence-electron chi connectivity index (χ2n) is 3.93. The first-order valence-electron chi connectivity index (χ1n) is 5.59. The summed E-state index contributed by atoms with van der Waals surface area (Å²) in [6, 6.07) is 15.3. The molecule has 0 aliphatic heterocycles. The van der Waals surface area contributed by atoms with Crippen LogP contribution in [-0.4, -0.2) is 11.7 Å². The van der Waals surface area contributed by atoms with Gasteiger partial charge < -0.3 is 10.4 Å². The lowest BCUT2D eigenvalue weighted by Gasteiger charge is -2.14. The average Bonchev–Trinajstić information content (AvgIpc) is 2.40. The zero-order valence-electron chi connectivity index (χ0n) is 9.61. The van der Waals surface area contributed by atoms with E-state index in [9.17, 15) is 5.11 Å². The van der Waals surface area contributed by atoms with Gasteiger partial charge in [0, 0.05) is 10.1 Å². The van der Waals surface area contributed by atoms with Crippen LogP contribution in [0.2, 0.25) is 5.02 Å². The van der Waals surface area contributed by atoms with E-state index in [4.69, 9.17) is 11.6 Å². The molecule has 2 aromatic rings. The van der Waals surface area contributed by atoms with Crippen LogP contribution in [0.4, 0.5) is 5.69 Å². The van der Waals surface area contributed by atoms with Crippen molar-refractivity contribution in [2.24, 2.45) is 0 Å². The fourth-order valence-corrected chi connectivity index (χ4v) is 2.31. The molecule has 0 aromatic heterocycles. The number of aliphatic hydroxyl groups excluding tert-OH is 1. The van der Waals surface area contributed by atoms with Crippen molar-refractivity contribution < 1.29 is 5.11 Å². The first-order chi connectivity index (χ1) is 8.66. The lowest BCUT2D eigenvalue weighted by Crippen LogP contribution is -2.12. The van der Waals surface area contributed by atoms with Gasteiger partial charge in [0.1, 0.15) is 0 Å². The SMILES string of the molecule is OC(CNc1cc(I)ccc1Cl)c1ccccc1. The maximum Gasteiger partial charge on any atom is 0.0962 e. The molecule has 0 aliphatic rings. The van der Waals surface area contributed by atoms with Crippen molar-refractivity contribution in [2.45, 2.75) is 6.10 Å². The first-order valence-corrected chi connectivity index (χ1v) is 7.04. The normalized spacial score (nSPS) is 12.2. The lowest BCUT2D eigenvalue weighted by molar-refractivity contribution is 0.191. The quantitative estimate of drug-likeness (QED) is 0.791. The van der Waals surface area contributed by atoms with Crippen molar-refractivity contribution in [3.05, 3.63) is 62.7 Å². The number of rotatable bonds is 4. The number of benzene rings is 2. The third kappa shape index (κ3) is 3.60. The molecule has 0 spiro atoms. The molecule has 94 valence electrons. The van der Waals surface area contributed by atoms with Crippen molar-refractivity contribution in [1.82, 2.24) is 0 Å². The molecule has 0 heterocycles. The van der Waals surface area contributed by atoms with Gasteiger partial charge in [-0.05, 0) is 46.4 Å². The molecule has 2 aromatic carbocycles. The van der Waals surface area contributed by atoms with E-state index in [2.05, 4.69) is 27.9 Å². The summed E-state index contributed by atoms with van der Waals surface area (Å²) in [5.41, 5.74) is 1.74. The molecular formula is C14H13ClINO. The van der Waals surface area contributed by atoms with E-state index >= 15 is 0 Å². The highest BCUT2D eigenvalue weighted by Crippen LogP contribution is 2.24. The number of nitrogens with one attached hydrogen (secondary N) is 1. The van der Waals surface area contributed by atoms with Crippen LogP contribution in [0.25, 0.3) is 0 Å². The highest BCUT2D eigenvalue weighted by Gasteiger charge is 2.07. The molecular weight excluding hydrogens is 361 g/mol. The second kappa shape index (κ2) is 6.41. The Balaban J connectivity index is 2.01. The molecule has 0 bridgehead atoms. The van der Waals surface area contributed by atoms with Crippen LogP contribution in [0.15, 0.2) is 48.5 Å². The highest BCUT2D eigenvalue weighted by atomic mass is 127. The van der Waals surface area contributed by atoms with Crippen molar-refractivity contribution in [2.75, 3.05) is 11.9 Å².